The number of fused-ring (bicyclic) bond motifs is 3. The molecule has 2 aromatic rings. The fraction of sp³-hybridized carbons (Fsp3) is 0.528. The molecule has 4 rings (SSSR count). The van der Waals surface area contributed by atoms with Crippen LogP contribution < -0.4 is 0 Å². The molecule has 2 aliphatic rings. The summed E-state index contributed by atoms with van der Waals surface area (Å²) in [6, 6.07) is 15.1. The average Bonchev–Trinajstić information content (AvgIpc) is 3.39. The fourth-order valence-electron chi connectivity index (χ4n) is 4.99. The van der Waals surface area contributed by atoms with Crippen molar-refractivity contribution in [3.8, 4) is 11.1 Å². The summed E-state index contributed by atoms with van der Waals surface area (Å²) in [6.45, 7) is 27.1. The molecule has 0 unspecified atom stereocenters. The van der Waals surface area contributed by atoms with Gasteiger partial charge in [0.2, 0.25) is 0 Å². The summed E-state index contributed by atoms with van der Waals surface area (Å²) in [5.41, 5.74) is 10.6. The van der Waals surface area contributed by atoms with Crippen LogP contribution >= 0.6 is 0 Å². The Kier molecular flexibility index (Phi) is 10.9. The molecule has 0 aromatic heterocycles. The summed E-state index contributed by atoms with van der Waals surface area (Å²) in [6.07, 6.45) is 11.0. The van der Waals surface area contributed by atoms with Gasteiger partial charge in [0.1, 0.15) is 0 Å². The van der Waals surface area contributed by atoms with Gasteiger partial charge < -0.3 is 0 Å². The molecule has 0 N–H and O–H groups in total. The van der Waals surface area contributed by atoms with Crippen molar-refractivity contribution < 1.29 is 24.2 Å². The number of rotatable bonds is 3. The molecule has 37 heavy (non-hydrogen) atoms. The second-order valence-electron chi connectivity index (χ2n) is 14.0. The van der Waals surface area contributed by atoms with E-state index in [-0.39, 0.29) is 10.8 Å². The van der Waals surface area contributed by atoms with E-state index < -0.39 is 0 Å². The van der Waals surface area contributed by atoms with Gasteiger partial charge in [-0.3, -0.25) is 6.08 Å². The van der Waals surface area contributed by atoms with Crippen molar-refractivity contribution in [1.82, 2.24) is 0 Å². The van der Waals surface area contributed by atoms with Gasteiger partial charge in [0, 0.05) is 0 Å². The standard InChI is InChI=1S/C21H25.C12H19.C3H6.Zr/c1-20(2,3)16-9-7-14-11-15-8-10-17(21(4,5)6)13-19(15)18(14)12-16;1-10(2)9-12(3,4)11-7-5-6-8-11;1-3-2;/h7,9-10,12-13H,11H2,1-6H3;7-8,10H,5,9H2,1-4H3;1-2H3;/q2*-1;;+2. The first-order valence-electron chi connectivity index (χ1n) is 13.9. The molecule has 0 fully saturated rings. The topological polar surface area (TPSA) is 0 Å². The maximum atomic E-state index is 3.53. The van der Waals surface area contributed by atoms with Crippen LogP contribution in [0.5, 0.6) is 0 Å². The summed E-state index contributed by atoms with van der Waals surface area (Å²) >= 11 is 1.55. The SMILES string of the molecule is CC(C)(C)c1c[c-]c2c(c1)-c1cc(C(C)(C)C)ccc1C2.CC(C)CC(C)(C)C1=CC[C-]=C1.C[C](C)=[Zr+2]. The van der Waals surface area contributed by atoms with Crippen LogP contribution in [0.25, 0.3) is 11.1 Å². The van der Waals surface area contributed by atoms with Crippen LogP contribution in [0.4, 0.5) is 0 Å². The van der Waals surface area contributed by atoms with Gasteiger partial charge in [0.25, 0.3) is 0 Å². The minimum absolute atomic E-state index is 0.177. The zero-order chi connectivity index (χ0) is 28.2. The molecule has 1 heteroatoms. The molecule has 0 saturated carbocycles. The van der Waals surface area contributed by atoms with Crippen molar-refractivity contribution in [2.24, 2.45) is 11.3 Å². The quantitative estimate of drug-likeness (QED) is 0.273. The van der Waals surface area contributed by atoms with E-state index in [0.29, 0.717) is 5.41 Å². The first kappa shape index (κ1) is 31.9. The van der Waals surface area contributed by atoms with Crippen LogP contribution in [-0.2, 0) is 41.5 Å². The number of benzene rings is 2. The number of hydrogen-bond acceptors (Lipinski definition) is 0. The van der Waals surface area contributed by atoms with Crippen molar-refractivity contribution in [3.05, 3.63) is 82.5 Å². The van der Waals surface area contributed by atoms with E-state index >= 15 is 0 Å². The van der Waals surface area contributed by atoms with Crippen molar-refractivity contribution in [3.63, 3.8) is 0 Å². The first-order chi connectivity index (χ1) is 16.9. The summed E-state index contributed by atoms with van der Waals surface area (Å²) in [5.74, 6) is 0.773. The van der Waals surface area contributed by atoms with Crippen molar-refractivity contribution in [1.29, 1.82) is 0 Å². The summed E-state index contributed by atoms with van der Waals surface area (Å²) < 4.78 is 1.51. The van der Waals surface area contributed by atoms with E-state index in [2.05, 4.69) is 138 Å². The second kappa shape index (κ2) is 12.7. The molecular formula is C36H50Zr. The molecule has 0 nitrogen and oxygen atoms in total. The first-order valence-corrected chi connectivity index (χ1v) is 15.1. The summed E-state index contributed by atoms with van der Waals surface area (Å²) in [5, 5.41) is 0. The molecule has 0 atom stereocenters. The van der Waals surface area contributed by atoms with Crippen molar-refractivity contribution in [2.45, 2.75) is 113 Å². The molecular weight excluding hydrogens is 524 g/mol. The maximum absolute atomic E-state index is 3.53. The third-order valence-corrected chi connectivity index (χ3v) is 6.92. The van der Waals surface area contributed by atoms with E-state index in [4.69, 9.17) is 0 Å². The van der Waals surface area contributed by atoms with Gasteiger partial charge in [-0.15, -0.1) is 12.0 Å². The van der Waals surface area contributed by atoms with Gasteiger partial charge in [-0.25, -0.2) is 6.08 Å². The minimum atomic E-state index is 0.177. The Morgan fingerprint density at radius 2 is 1.46 bits per heavy atom. The zero-order valence-electron chi connectivity index (χ0n) is 25.7. The third kappa shape index (κ3) is 9.42. The Bertz CT molecular complexity index is 1070. The van der Waals surface area contributed by atoms with E-state index in [9.17, 15) is 0 Å². The molecule has 0 spiro atoms. The molecule has 0 heterocycles. The van der Waals surface area contributed by atoms with Gasteiger partial charge in [-0.1, -0.05) is 116 Å². The molecule has 0 aliphatic heterocycles. The molecule has 0 saturated heterocycles. The Morgan fingerprint density at radius 1 is 0.892 bits per heavy atom. The molecule has 198 valence electrons. The van der Waals surface area contributed by atoms with E-state index in [1.807, 2.05) is 0 Å². The van der Waals surface area contributed by atoms with Gasteiger partial charge in [0.15, 0.2) is 0 Å². The Hall–Kier alpha value is -1.33. The summed E-state index contributed by atoms with van der Waals surface area (Å²) in [4.78, 5) is 0. The fourth-order valence-corrected chi connectivity index (χ4v) is 4.99. The Balaban J connectivity index is 0.000000254. The van der Waals surface area contributed by atoms with E-state index in [1.165, 1.54) is 48.6 Å². The Labute approximate surface area is 244 Å². The van der Waals surface area contributed by atoms with Crippen molar-refractivity contribution in [2.75, 3.05) is 0 Å². The molecule has 0 amide bonds. The number of allylic oxidation sites excluding steroid dienone is 4. The monoisotopic (exact) mass is 572 g/mol. The molecule has 0 radical (unpaired) electrons. The van der Waals surface area contributed by atoms with Gasteiger partial charge in [-0.2, -0.15) is 41.0 Å². The second-order valence-corrected chi connectivity index (χ2v) is 16.5. The van der Waals surface area contributed by atoms with Crippen LogP contribution in [0.15, 0.2) is 48.1 Å². The van der Waals surface area contributed by atoms with Crippen LogP contribution in [0.2, 0.25) is 0 Å². The average molecular weight is 574 g/mol. The van der Waals surface area contributed by atoms with E-state index in [0.717, 1.165) is 18.8 Å². The third-order valence-electron chi connectivity index (χ3n) is 6.92. The van der Waals surface area contributed by atoms with Crippen LogP contribution in [0, 0.1) is 23.5 Å². The van der Waals surface area contributed by atoms with Gasteiger partial charge in [-0.05, 0) is 23.3 Å². The predicted molar refractivity (Wildman–Crippen MR) is 161 cm³/mol. The number of hydrogen-bond donors (Lipinski definition) is 0. The van der Waals surface area contributed by atoms with Crippen molar-refractivity contribution >= 4 is 3.21 Å². The normalized spacial score (nSPS) is 14.3. The Morgan fingerprint density at radius 3 is 1.95 bits per heavy atom. The van der Waals surface area contributed by atoms with Crippen LogP contribution in [-0.4, -0.2) is 3.21 Å². The predicted octanol–water partition coefficient (Wildman–Crippen LogP) is 10.1. The zero-order valence-corrected chi connectivity index (χ0v) is 28.2. The molecule has 2 aliphatic carbocycles. The van der Waals surface area contributed by atoms with Gasteiger partial charge >= 0.3 is 41.3 Å². The van der Waals surface area contributed by atoms with Crippen LogP contribution in [0.3, 0.4) is 0 Å². The van der Waals surface area contributed by atoms with Crippen LogP contribution in [0.1, 0.15) is 118 Å². The molecule has 0 bridgehead atoms. The summed E-state index contributed by atoms with van der Waals surface area (Å²) in [7, 11) is 0. The van der Waals surface area contributed by atoms with E-state index in [1.54, 1.807) is 24.2 Å². The molecule has 2 aromatic carbocycles. The van der Waals surface area contributed by atoms with Gasteiger partial charge in [0.05, 0.1) is 0 Å².